The highest BCUT2D eigenvalue weighted by atomic mass is 32.1. The normalized spacial score (nSPS) is 10.7. The Bertz CT molecular complexity index is 1280. The van der Waals surface area contributed by atoms with E-state index in [1.165, 1.54) is 0 Å². The van der Waals surface area contributed by atoms with Crippen molar-refractivity contribution in [3.05, 3.63) is 95.1 Å². The van der Waals surface area contributed by atoms with Crippen LogP contribution < -0.4 is 26.2 Å². The molecule has 0 radical (unpaired) electrons. The van der Waals surface area contributed by atoms with E-state index in [9.17, 15) is 14.4 Å². The largest absolute Gasteiger partial charge is 0.484 e. The summed E-state index contributed by atoms with van der Waals surface area (Å²) < 4.78 is 5.41. The highest BCUT2D eigenvalue weighted by Gasteiger charge is 2.15. The van der Waals surface area contributed by atoms with Gasteiger partial charge in [-0.3, -0.25) is 30.6 Å². The molecule has 4 N–H and O–H groups in total. The van der Waals surface area contributed by atoms with Gasteiger partial charge in [0, 0.05) is 16.8 Å². The molecule has 0 atom stereocenters. The van der Waals surface area contributed by atoms with Crippen LogP contribution in [0, 0.1) is 6.92 Å². The van der Waals surface area contributed by atoms with Crippen molar-refractivity contribution in [3.63, 3.8) is 0 Å². The van der Waals surface area contributed by atoms with E-state index in [1.54, 1.807) is 42.5 Å². The first kappa shape index (κ1) is 27.3. The van der Waals surface area contributed by atoms with Gasteiger partial charge in [-0.25, -0.2) is 0 Å². The Labute approximate surface area is 221 Å². The van der Waals surface area contributed by atoms with Gasteiger partial charge in [0.1, 0.15) is 5.75 Å². The van der Waals surface area contributed by atoms with E-state index in [-0.39, 0.29) is 23.0 Å². The molecule has 0 saturated heterocycles. The number of carbonyl (C=O) groups is 3. The Hall–Kier alpha value is -4.24. The monoisotopic (exact) mass is 518 g/mol. The third-order valence-electron chi connectivity index (χ3n) is 5.32. The minimum Gasteiger partial charge on any atom is -0.484 e. The van der Waals surface area contributed by atoms with Crippen molar-refractivity contribution >= 4 is 40.7 Å². The second kappa shape index (κ2) is 12.1. The molecule has 3 rings (SSSR count). The Kier molecular flexibility index (Phi) is 8.97. The van der Waals surface area contributed by atoms with E-state index in [0.29, 0.717) is 22.6 Å². The molecule has 37 heavy (non-hydrogen) atoms. The summed E-state index contributed by atoms with van der Waals surface area (Å²) in [5.41, 5.74) is 8.47. The predicted octanol–water partition coefficient (Wildman–Crippen LogP) is 4.26. The number of aryl methyl sites for hydroxylation is 1. The van der Waals surface area contributed by atoms with Crippen molar-refractivity contribution in [2.24, 2.45) is 0 Å². The maximum atomic E-state index is 12.5. The van der Waals surface area contributed by atoms with Gasteiger partial charge in [-0.1, -0.05) is 45.0 Å². The SMILES string of the molecule is Cc1cccc(OCC(=O)NC(=S)NNC(=O)c2ccc(NC(=O)c3ccc(C(C)(C)C)cc3)cc2)c1. The van der Waals surface area contributed by atoms with Crippen LogP contribution in [0.1, 0.15) is 52.6 Å². The van der Waals surface area contributed by atoms with Crippen LogP contribution in [0.3, 0.4) is 0 Å². The number of carbonyl (C=O) groups excluding carboxylic acids is 3. The minimum absolute atomic E-state index is 0.00560. The lowest BCUT2D eigenvalue weighted by Crippen LogP contribution is -2.49. The lowest BCUT2D eigenvalue weighted by atomic mass is 9.87. The Balaban J connectivity index is 1.44. The van der Waals surface area contributed by atoms with Gasteiger partial charge in [0.15, 0.2) is 11.7 Å². The molecule has 0 aliphatic heterocycles. The van der Waals surface area contributed by atoms with E-state index in [4.69, 9.17) is 17.0 Å². The predicted molar refractivity (Wildman–Crippen MR) is 148 cm³/mol. The van der Waals surface area contributed by atoms with Crippen molar-refractivity contribution in [1.29, 1.82) is 0 Å². The smallest absolute Gasteiger partial charge is 0.269 e. The summed E-state index contributed by atoms with van der Waals surface area (Å²) in [6.45, 7) is 8.03. The number of hydrogen-bond donors (Lipinski definition) is 4. The van der Waals surface area contributed by atoms with E-state index in [1.807, 2.05) is 37.3 Å². The van der Waals surface area contributed by atoms with Gasteiger partial charge in [0.05, 0.1) is 0 Å². The third kappa shape index (κ3) is 8.43. The first-order chi connectivity index (χ1) is 17.5. The fourth-order valence-corrected chi connectivity index (χ4v) is 3.43. The van der Waals surface area contributed by atoms with E-state index in [0.717, 1.165) is 11.1 Å². The summed E-state index contributed by atoms with van der Waals surface area (Å²) >= 11 is 5.03. The number of hydrogen-bond acceptors (Lipinski definition) is 5. The average Bonchev–Trinajstić information content (AvgIpc) is 2.86. The second-order valence-electron chi connectivity index (χ2n) is 9.42. The topological polar surface area (TPSA) is 109 Å². The van der Waals surface area contributed by atoms with Gasteiger partial charge in [-0.15, -0.1) is 0 Å². The van der Waals surface area contributed by atoms with Crippen LogP contribution >= 0.6 is 12.2 Å². The lowest BCUT2D eigenvalue weighted by Gasteiger charge is -2.19. The Morgan fingerprint density at radius 1 is 0.838 bits per heavy atom. The molecule has 0 heterocycles. The highest BCUT2D eigenvalue weighted by Crippen LogP contribution is 2.22. The van der Waals surface area contributed by atoms with Crippen LogP contribution in [0.5, 0.6) is 5.75 Å². The summed E-state index contributed by atoms with van der Waals surface area (Å²) in [7, 11) is 0. The number of hydrazine groups is 1. The number of thiocarbonyl (C=S) groups is 1. The molecule has 9 heteroatoms. The summed E-state index contributed by atoms with van der Waals surface area (Å²) in [4.78, 5) is 36.9. The Morgan fingerprint density at radius 2 is 1.46 bits per heavy atom. The third-order valence-corrected chi connectivity index (χ3v) is 5.52. The molecule has 0 saturated carbocycles. The summed E-state index contributed by atoms with van der Waals surface area (Å²) in [5, 5.41) is 5.16. The van der Waals surface area contributed by atoms with E-state index >= 15 is 0 Å². The molecule has 3 aromatic rings. The van der Waals surface area contributed by atoms with Crippen molar-refractivity contribution < 1.29 is 19.1 Å². The fourth-order valence-electron chi connectivity index (χ4n) is 3.26. The molecule has 0 aliphatic rings. The first-order valence-corrected chi connectivity index (χ1v) is 12.0. The van der Waals surface area contributed by atoms with Gasteiger partial charge in [-0.05, 0) is 84.2 Å². The van der Waals surface area contributed by atoms with Gasteiger partial charge >= 0.3 is 0 Å². The zero-order chi connectivity index (χ0) is 27.0. The lowest BCUT2D eigenvalue weighted by molar-refractivity contribution is -0.121. The zero-order valence-electron chi connectivity index (χ0n) is 21.2. The summed E-state index contributed by atoms with van der Waals surface area (Å²) in [6.07, 6.45) is 0. The molecular formula is C28H30N4O4S. The minimum atomic E-state index is -0.471. The molecule has 0 fully saturated rings. The number of amides is 3. The summed E-state index contributed by atoms with van der Waals surface area (Å²) in [6, 6.07) is 21.2. The molecule has 3 amide bonds. The van der Waals surface area contributed by atoms with E-state index < -0.39 is 11.8 Å². The quantitative estimate of drug-likeness (QED) is 0.287. The summed E-state index contributed by atoms with van der Waals surface area (Å²) in [5.74, 6) is -0.614. The zero-order valence-corrected chi connectivity index (χ0v) is 22.0. The number of rotatable bonds is 6. The van der Waals surface area contributed by atoms with Gasteiger partial charge in [0.25, 0.3) is 17.7 Å². The highest BCUT2D eigenvalue weighted by molar-refractivity contribution is 7.80. The number of benzene rings is 3. The molecule has 192 valence electrons. The van der Waals surface area contributed by atoms with Crippen LogP contribution in [0.2, 0.25) is 0 Å². The van der Waals surface area contributed by atoms with Crippen molar-refractivity contribution in [2.75, 3.05) is 11.9 Å². The molecule has 0 aromatic heterocycles. The van der Waals surface area contributed by atoms with Crippen molar-refractivity contribution in [3.8, 4) is 5.75 Å². The molecular weight excluding hydrogens is 488 g/mol. The van der Waals surface area contributed by atoms with E-state index in [2.05, 4.69) is 42.3 Å². The molecule has 0 aliphatic carbocycles. The number of nitrogens with one attached hydrogen (secondary N) is 4. The van der Waals surface area contributed by atoms with Crippen LogP contribution in [-0.2, 0) is 10.2 Å². The van der Waals surface area contributed by atoms with Gasteiger partial charge in [-0.2, -0.15) is 0 Å². The maximum Gasteiger partial charge on any atom is 0.269 e. The standard InChI is InChI=1S/C28H30N4O4S/c1-18-6-5-7-23(16-18)36-17-24(33)30-27(37)32-31-26(35)20-10-14-22(15-11-20)29-25(34)19-8-12-21(13-9-19)28(2,3)4/h5-16H,17H2,1-4H3,(H,29,34)(H,31,35)(H2,30,32,33,37). The Morgan fingerprint density at radius 3 is 2.08 bits per heavy atom. The molecule has 0 unspecified atom stereocenters. The van der Waals surface area contributed by atoms with Crippen LogP contribution in [0.25, 0.3) is 0 Å². The number of anilines is 1. The first-order valence-electron chi connectivity index (χ1n) is 11.6. The molecule has 0 spiro atoms. The molecule has 0 bridgehead atoms. The maximum absolute atomic E-state index is 12.5. The van der Waals surface area contributed by atoms with Crippen LogP contribution in [-0.4, -0.2) is 29.4 Å². The van der Waals surface area contributed by atoms with Crippen molar-refractivity contribution in [2.45, 2.75) is 33.1 Å². The van der Waals surface area contributed by atoms with Crippen LogP contribution in [0.15, 0.2) is 72.8 Å². The van der Waals surface area contributed by atoms with Crippen molar-refractivity contribution in [1.82, 2.24) is 16.2 Å². The molecule has 8 nitrogen and oxygen atoms in total. The van der Waals surface area contributed by atoms with Gasteiger partial charge < -0.3 is 10.1 Å². The second-order valence-corrected chi connectivity index (χ2v) is 9.83. The number of ether oxygens (including phenoxy) is 1. The molecule has 3 aromatic carbocycles. The van der Waals surface area contributed by atoms with Crippen LogP contribution in [0.4, 0.5) is 5.69 Å². The average molecular weight is 519 g/mol. The van der Waals surface area contributed by atoms with Gasteiger partial charge in [0.2, 0.25) is 0 Å². The fraction of sp³-hybridized carbons (Fsp3) is 0.214.